The van der Waals surface area contributed by atoms with Crippen LogP contribution in [0, 0.1) is 0 Å². The van der Waals surface area contributed by atoms with Crippen LogP contribution in [0.1, 0.15) is 46.4 Å². The highest BCUT2D eigenvalue weighted by atomic mass is 79.9. The second-order valence-corrected chi connectivity index (χ2v) is 16.9. The van der Waals surface area contributed by atoms with Crippen molar-refractivity contribution in [1.82, 2.24) is 0 Å². The van der Waals surface area contributed by atoms with Gasteiger partial charge in [0, 0.05) is 9.20 Å². The van der Waals surface area contributed by atoms with Gasteiger partial charge in [0.15, 0.2) is 0 Å². The molecule has 0 aromatic carbocycles. The molecule has 0 aliphatic rings. The third-order valence-corrected chi connectivity index (χ3v) is 3.61. The Hall–Kier alpha value is 1.28. The number of rotatable bonds is 0. The first kappa shape index (κ1) is 26.5. The minimum atomic E-state index is -1.72. The van der Waals surface area contributed by atoms with Gasteiger partial charge in [0.2, 0.25) is 0 Å². The van der Waals surface area contributed by atoms with E-state index in [1.807, 2.05) is 34.2 Å². The van der Waals surface area contributed by atoms with Crippen LogP contribution in [0.5, 0.6) is 0 Å². The Kier molecular flexibility index (Phi) is 16.7. The third-order valence-electron chi connectivity index (χ3n) is 1.69. The summed E-state index contributed by atoms with van der Waals surface area (Å²) in [7, 11) is 14.8. The predicted molar refractivity (Wildman–Crippen MR) is 119 cm³/mol. The van der Waals surface area contributed by atoms with E-state index in [2.05, 4.69) is 75.0 Å². The number of hydrogen-bond donors (Lipinski definition) is 0. The van der Waals surface area contributed by atoms with Crippen LogP contribution in [0.2, 0.25) is 0 Å². The Morgan fingerprint density at radius 2 is 1.26 bits per heavy atom. The summed E-state index contributed by atoms with van der Waals surface area (Å²) < 4.78 is 0.312. The Labute approximate surface area is 175 Å². The van der Waals surface area contributed by atoms with Crippen LogP contribution in [0.4, 0.5) is 0 Å². The van der Waals surface area contributed by atoms with Gasteiger partial charge in [0.1, 0.15) is 0 Å². The summed E-state index contributed by atoms with van der Waals surface area (Å²) in [6.45, 7) is 13.0. The van der Waals surface area contributed by atoms with Crippen LogP contribution in [0.3, 0.4) is 0 Å². The molecule has 0 fully saturated rings. The summed E-state index contributed by atoms with van der Waals surface area (Å²) in [5.41, 5.74) is 0.341. The Morgan fingerprint density at radius 1 is 0.870 bits per heavy atom. The van der Waals surface area contributed by atoms with E-state index in [1.54, 1.807) is 11.3 Å². The molecular weight excluding hydrogens is 470 g/mol. The van der Waals surface area contributed by atoms with Crippen molar-refractivity contribution in [3.8, 4) is 0 Å². The van der Waals surface area contributed by atoms with Gasteiger partial charge in [-0.1, -0.05) is 75.7 Å². The fourth-order valence-corrected chi connectivity index (χ4v) is 2.20. The maximum atomic E-state index is 4.94. The first-order chi connectivity index (χ1) is 10.3. The lowest BCUT2D eigenvalue weighted by molar-refractivity contribution is 0.604. The lowest BCUT2D eigenvalue weighted by atomic mass is 9.95. The van der Waals surface area contributed by atoms with Crippen LogP contribution in [-0.4, -0.2) is 15.7 Å². The van der Waals surface area contributed by atoms with Crippen molar-refractivity contribution in [3.05, 3.63) is 45.3 Å². The maximum absolute atomic E-state index is 4.94. The quantitative estimate of drug-likeness (QED) is 0.254. The van der Waals surface area contributed by atoms with Crippen LogP contribution in [-0.2, 0) is 5.41 Å². The van der Waals surface area contributed by atoms with E-state index >= 15 is 0 Å². The van der Waals surface area contributed by atoms with Crippen molar-refractivity contribution in [3.63, 3.8) is 0 Å². The third kappa shape index (κ3) is 28.4. The van der Waals surface area contributed by atoms with Crippen molar-refractivity contribution in [2.24, 2.45) is 0 Å². The summed E-state index contributed by atoms with van der Waals surface area (Å²) >= 11 is 5.20. The average molecular weight is 495 g/mol. The van der Waals surface area contributed by atoms with Gasteiger partial charge in [0.25, 0.3) is 0 Å². The zero-order chi connectivity index (χ0) is 18.5. The molecule has 0 amide bonds. The maximum Gasteiger partial charge on any atom is 0.643 e. The predicted octanol–water partition coefficient (Wildman–Crippen LogP) is 8.66. The lowest BCUT2D eigenvalue weighted by Crippen LogP contribution is -2.07. The fraction of sp³-hybridized carbons (Fsp3) is 0.500. The topological polar surface area (TPSA) is 0 Å². The number of thiophene rings is 2. The fourth-order valence-electron chi connectivity index (χ4n) is 0.932. The van der Waals surface area contributed by atoms with Crippen LogP contribution in [0.15, 0.2) is 40.4 Å². The highest BCUT2D eigenvalue weighted by Crippen LogP contribution is 2.25. The minimum absolute atomic E-state index is 0.312. The van der Waals surface area contributed by atoms with E-state index in [4.69, 9.17) is 30.1 Å². The van der Waals surface area contributed by atoms with Gasteiger partial charge in [0.05, 0.1) is 0 Å². The molecule has 0 nitrogen and oxygen atoms in total. The summed E-state index contributed by atoms with van der Waals surface area (Å²) in [5.74, 6) is 0. The van der Waals surface area contributed by atoms with Gasteiger partial charge in [-0.15, -0.1) is 11.3 Å². The van der Waals surface area contributed by atoms with Crippen LogP contribution >= 0.6 is 68.8 Å². The lowest BCUT2D eigenvalue weighted by Gasteiger charge is -2.14. The summed E-state index contributed by atoms with van der Waals surface area (Å²) in [4.78, 5) is 1.46. The molecule has 0 aliphatic carbocycles. The molecule has 0 N–H and O–H groups in total. The van der Waals surface area contributed by atoms with Crippen molar-refractivity contribution in [2.75, 3.05) is 0 Å². The van der Waals surface area contributed by atoms with Gasteiger partial charge in [-0.3, -0.25) is 0 Å². The molecule has 2 aromatic heterocycles. The summed E-state index contributed by atoms with van der Waals surface area (Å²) in [6, 6.07) is 8.32. The second-order valence-electron chi connectivity index (χ2n) is 6.33. The number of alkyl halides is 1. The molecule has 0 atom stereocenters. The SMILES string of the molecule is CC(C)(C)Br.CC(C)(C)c1cccs1.[Cl][Al]([Cl])[Cl].c1ccsc1. The monoisotopic (exact) mass is 492 g/mol. The van der Waals surface area contributed by atoms with E-state index in [9.17, 15) is 0 Å². The van der Waals surface area contributed by atoms with Gasteiger partial charge in [-0.05, 0) is 27.6 Å². The minimum Gasteiger partial charge on any atom is -0.214 e. The van der Waals surface area contributed by atoms with E-state index < -0.39 is 11.4 Å². The molecule has 0 saturated carbocycles. The molecule has 0 unspecified atom stereocenters. The highest BCUT2D eigenvalue weighted by Gasteiger charge is 2.13. The van der Waals surface area contributed by atoms with Crippen LogP contribution < -0.4 is 0 Å². The Morgan fingerprint density at radius 3 is 1.39 bits per heavy atom. The van der Waals surface area contributed by atoms with Crippen LogP contribution in [0.25, 0.3) is 0 Å². The van der Waals surface area contributed by atoms with Crippen molar-refractivity contribution < 1.29 is 0 Å². The molecule has 2 aromatic rings. The van der Waals surface area contributed by atoms with Gasteiger partial charge < -0.3 is 0 Å². The molecule has 23 heavy (non-hydrogen) atoms. The number of hydrogen-bond acceptors (Lipinski definition) is 2. The average Bonchev–Trinajstić information content (AvgIpc) is 3.03. The molecular formula is C16H25AlBrCl3S2. The zero-order valence-corrected chi connectivity index (χ0v) is 21.1. The molecule has 132 valence electrons. The molecule has 0 aliphatic heterocycles. The van der Waals surface area contributed by atoms with Gasteiger partial charge >= 0.3 is 11.4 Å². The van der Waals surface area contributed by atoms with E-state index in [1.165, 1.54) is 4.88 Å². The van der Waals surface area contributed by atoms with Crippen molar-refractivity contribution >= 4 is 80.1 Å². The van der Waals surface area contributed by atoms with E-state index in [-0.39, 0.29) is 0 Å². The molecule has 7 heteroatoms. The summed E-state index contributed by atoms with van der Waals surface area (Å²) in [5, 5.41) is 6.21. The molecule has 2 rings (SSSR count). The Bertz CT molecular complexity index is 421. The molecule has 0 spiro atoms. The van der Waals surface area contributed by atoms with Crippen molar-refractivity contribution in [1.29, 1.82) is 0 Å². The molecule has 0 saturated heterocycles. The smallest absolute Gasteiger partial charge is 0.214 e. The standard InChI is InChI=1S/C8H12S.C4H9Br.C4H4S.Al.3ClH/c1-8(2,3)7-5-4-6-9-7;1-4(2,3)5;1-2-4-5-3-1;;;;/h4-6H,1-3H3;1-3H3;1-4H;;3*1H/q;;;+3;;;/p-3. The normalized spacial score (nSPS) is 10.2. The number of halogens is 4. The van der Waals surface area contributed by atoms with Gasteiger partial charge in [-0.2, -0.15) is 11.3 Å². The van der Waals surface area contributed by atoms with E-state index in [0.717, 1.165) is 0 Å². The largest absolute Gasteiger partial charge is 0.643 e. The van der Waals surface area contributed by atoms with Gasteiger partial charge in [-0.25, -0.2) is 30.1 Å². The zero-order valence-electron chi connectivity index (χ0n) is 14.4. The van der Waals surface area contributed by atoms with E-state index in [0.29, 0.717) is 9.74 Å². The first-order valence-electron chi connectivity index (χ1n) is 6.96. The highest BCUT2D eigenvalue weighted by molar-refractivity contribution is 9.10. The first-order valence-corrected chi connectivity index (χ1v) is 14.8. The Balaban J connectivity index is 0. The molecule has 0 radical (unpaired) electrons. The second kappa shape index (κ2) is 14.5. The molecule has 2 heterocycles. The molecule has 0 bridgehead atoms. The van der Waals surface area contributed by atoms with Crippen molar-refractivity contribution in [2.45, 2.75) is 51.3 Å². The summed E-state index contributed by atoms with van der Waals surface area (Å²) in [6.07, 6.45) is 0.